The van der Waals surface area contributed by atoms with Gasteiger partial charge in [-0.2, -0.15) is 0 Å². The first-order chi connectivity index (χ1) is 9.03. The lowest BCUT2D eigenvalue weighted by Crippen LogP contribution is -2.46. The van der Waals surface area contributed by atoms with E-state index in [-0.39, 0.29) is 29.6 Å². The van der Waals surface area contributed by atoms with Crippen molar-refractivity contribution in [1.82, 2.24) is 10.2 Å². The number of amides is 3. The maximum Gasteiger partial charge on any atom is 0.226 e. The molecule has 106 valence electrons. The smallest absolute Gasteiger partial charge is 0.226 e. The molecule has 0 aromatic carbocycles. The van der Waals surface area contributed by atoms with E-state index in [9.17, 15) is 14.4 Å². The van der Waals surface area contributed by atoms with Crippen molar-refractivity contribution in [3.05, 3.63) is 0 Å². The number of hydrogen-bond acceptors (Lipinski definition) is 3. The zero-order valence-corrected chi connectivity index (χ0v) is 11.1. The Balaban J connectivity index is 1.78. The summed E-state index contributed by atoms with van der Waals surface area (Å²) >= 11 is 0. The molecule has 2 rings (SSSR count). The SMILES string of the molecule is NC(=O)CCCC(=O)N1CCC2(CCNC2=O)CC1. The highest BCUT2D eigenvalue weighted by Gasteiger charge is 2.44. The van der Waals surface area contributed by atoms with Gasteiger partial charge >= 0.3 is 0 Å². The average molecular weight is 267 g/mol. The van der Waals surface area contributed by atoms with Gasteiger partial charge in [0.2, 0.25) is 17.7 Å². The Kier molecular flexibility index (Phi) is 4.07. The molecule has 6 nitrogen and oxygen atoms in total. The minimum atomic E-state index is -0.368. The van der Waals surface area contributed by atoms with E-state index in [2.05, 4.69) is 5.32 Å². The fourth-order valence-electron chi connectivity index (χ4n) is 2.95. The normalized spacial score (nSPS) is 21.5. The second kappa shape index (κ2) is 5.59. The lowest BCUT2D eigenvalue weighted by molar-refractivity contribution is -0.138. The summed E-state index contributed by atoms with van der Waals surface area (Å²) in [6.07, 6.45) is 3.51. The third-order valence-electron chi connectivity index (χ3n) is 4.26. The molecule has 0 bridgehead atoms. The molecule has 19 heavy (non-hydrogen) atoms. The summed E-state index contributed by atoms with van der Waals surface area (Å²) in [7, 11) is 0. The van der Waals surface area contributed by atoms with Crippen LogP contribution in [-0.4, -0.2) is 42.3 Å². The van der Waals surface area contributed by atoms with Gasteiger partial charge < -0.3 is 16.0 Å². The van der Waals surface area contributed by atoms with Gasteiger partial charge in [0.1, 0.15) is 0 Å². The second-order valence-electron chi connectivity index (χ2n) is 5.49. The largest absolute Gasteiger partial charge is 0.370 e. The van der Waals surface area contributed by atoms with Crippen molar-refractivity contribution in [2.45, 2.75) is 38.5 Å². The van der Waals surface area contributed by atoms with Crippen LogP contribution >= 0.6 is 0 Å². The third-order valence-corrected chi connectivity index (χ3v) is 4.26. The average Bonchev–Trinajstić information content (AvgIpc) is 2.71. The number of carbonyl (C=O) groups is 3. The molecule has 0 radical (unpaired) electrons. The molecule has 2 aliphatic heterocycles. The molecule has 2 heterocycles. The van der Waals surface area contributed by atoms with Crippen LogP contribution in [0.4, 0.5) is 0 Å². The number of likely N-dealkylation sites (tertiary alicyclic amines) is 1. The molecule has 2 fully saturated rings. The first-order valence-electron chi connectivity index (χ1n) is 6.88. The number of nitrogens with zero attached hydrogens (tertiary/aromatic N) is 1. The molecule has 0 aliphatic carbocycles. The summed E-state index contributed by atoms with van der Waals surface area (Å²) in [4.78, 5) is 36.2. The first-order valence-corrected chi connectivity index (χ1v) is 6.88. The molecule has 1 spiro atoms. The summed E-state index contributed by atoms with van der Waals surface area (Å²) in [6, 6.07) is 0. The maximum atomic E-state index is 11.9. The molecule has 0 saturated carbocycles. The number of nitrogens with two attached hydrogens (primary N) is 1. The van der Waals surface area contributed by atoms with Crippen LogP contribution in [0.15, 0.2) is 0 Å². The highest BCUT2D eigenvalue weighted by molar-refractivity contribution is 5.85. The van der Waals surface area contributed by atoms with Gasteiger partial charge in [-0.3, -0.25) is 14.4 Å². The Morgan fingerprint density at radius 2 is 1.89 bits per heavy atom. The minimum Gasteiger partial charge on any atom is -0.370 e. The van der Waals surface area contributed by atoms with E-state index in [4.69, 9.17) is 5.73 Å². The van der Waals surface area contributed by atoms with Gasteiger partial charge in [0.15, 0.2) is 0 Å². The molecule has 2 aliphatic rings. The van der Waals surface area contributed by atoms with E-state index in [0.29, 0.717) is 25.9 Å². The Morgan fingerprint density at radius 1 is 1.21 bits per heavy atom. The molecule has 0 aromatic heterocycles. The quantitative estimate of drug-likeness (QED) is 0.737. The number of piperidine rings is 1. The predicted octanol–water partition coefficient (Wildman–Crippen LogP) is -0.229. The van der Waals surface area contributed by atoms with E-state index >= 15 is 0 Å². The molecular formula is C13H21N3O3. The molecule has 0 aromatic rings. The van der Waals surface area contributed by atoms with E-state index in [1.54, 1.807) is 4.90 Å². The molecular weight excluding hydrogens is 246 g/mol. The summed E-state index contributed by atoms with van der Waals surface area (Å²) in [6.45, 7) is 2.04. The maximum absolute atomic E-state index is 11.9. The van der Waals surface area contributed by atoms with Gasteiger partial charge in [-0.1, -0.05) is 0 Å². The Hall–Kier alpha value is -1.59. The van der Waals surface area contributed by atoms with Gasteiger partial charge in [0.25, 0.3) is 0 Å². The number of hydrogen-bond donors (Lipinski definition) is 2. The summed E-state index contributed by atoms with van der Waals surface area (Å²) in [5.41, 5.74) is 4.81. The predicted molar refractivity (Wildman–Crippen MR) is 68.9 cm³/mol. The molecule has 0 unspecified atom stereocenters. The van der Waals surface area contributed by atoms with Crippen LogP contribution in [-0.2, 0) is 14.4 Å². The van der Waals surface area contributed by atoms with E-state index < -0.39 is 0 Å². The van der Waals surface area contributed by atoms with Crippen molar-refractivity contribution in [2.75, 3.05) is 19.6 Å². The van der Waals surface area contributed by atoms with Crippen LogP contribution in [0.2, 0.25) is 0 Å². The summed E-state index contributed by atoms with van der Waals surface area (Å²) in [5, 5.41) is 2.88. The van der Waals surface area contributed by atoms with Gasteiger partial charge in [-0.25, -0.2) is 0 Å². The third kappa shape index (κ3) is 3.05. The number of carbonyl (C=O) groups excluding carboxylic acids is 3. The minimum absolute atomic E-state index is 0.0644. The number of rotatable bonds is 4. The number of primary amides is 1. The van der Waals surface area contributed by atoms with E-state index in [1.165, 1.54) is 0 Å². The van der Waals surface area contributed by atoms with Crippen molar-refractivity contribution in [2.24, 2.45) is 11.1 Å². The van der Waals surface area contributed by atoms with Gasteiger partial charge in [-0.05, 0) is 25.7 Å². The Labute approximate surface area is 112 Å². The topological polar surface area (TPSA) is 92.5 Å². The monoisotopic (exact) mass is 267 g/mol. The highest BCUT2D eigenvalue weighted by atomic mass is 16.2. The lowest BCUT2D eigenvalue weighted by atomic mass is 9.77. The zero-order valence-electron chi connectivity index (χ0n) is 11.1. The van der Waals surface area contributed by atoms with Crippen LogP contribution in [0, 0.1) is 5.41 Å². The Bertz CT molecular complexity index is 387. The Morgan fingerprint density at radius 3 is 2.42 bits per heavy atom. The standard InChI is InChI=1S/C13H21N3O3/c14-10(17)2-1-3-11(18)16-8-5-13(6-9-16)4-7-15-12(13)19/h1-9H2,(H2,14,17)(H,15,19). The fraction of sp³-hybridized carbons (Fsp3) is 0.769. The van der Waals surface area contributed by atoms with Gasteiger partial charge in [0, 0.05) is 32.5 Å². The zero-order chi connectivity index (χ0) is 13.9. The van der Waals surface area contributed by atoms with E-state index in [1.807, 2.05) is 0 Å². The number of nitrogens with one attached hydrogen (secondary N) is 1. The molecule has 6 heteroatoms. The van der Waals surface area contributed by atoms with Crippen LogP contribution in [0.3, 0.4) is 0 Å². The highest BCUT2D eigenvalue weighted by Crippen LogP contribution is 2.38. The molecule has 0 atom stereocenters. The van der Waals surface area contributed by atoms with Crippen LogP contribution in [0.5, 0.6) is 0 Å². The summed E-state index contributed by atoms with van der Waals surface area (Å²) in [5.74, 6) is -0.157. The van der Waals surface area contributed by atoms with Crippen molar-refractivity contribution >= 4 is 17.7 Å². The van der Waals surface area contributed by atoms with Crippen molar-refractivity contribution in [3.8, 4) is 0 Å². The van der Waals surface area contributed by atoms with Crippen molar-refractivity contribution in [3.63, 3.8) is 0 Å². The van der Waals surface area contributed by atoms with Gasteiger partial charge in [-0.15, -0.1) is 0 Å². The second-order valence-corrected chi connectivity index (χ2v) is 5.49. The summed E-state index contributed by atoms with van der Waals surface area (Å²) < 4.78 is 0. The van der Waals surface area contributed by atoms with E-state index in [0.717, 1.165) is 25.8 Å². The van der Waals surface area contributed by atoms with Gasteiger partial charge in [0.05, 0.1) is 5.41 Å². The van der Waals surface area contributed by atoms with Crippen LogP contribution < -0.4 is 11.1 Å². The van der Waals surface area contributed by atoms with Crippen molar-refractivity contribution < 1.29 is 14.4 Å². The van der Waals surface area contributed by atoms with Crippen LogP contribution in [0.25, 0.3) is 0 Å². The lowest BCUT2D eigenvalue weighted by Gasteiger charge is -2.37. The first kappa shape index (κ1) is 13.8. The fourth-order valence-corrected chi connectivity index (χ4v) is 2.95. The molecule has 2 saturated heterocycles. The molecule has 3 amide bonds. The van der Waals surface area contributed by atoms with Crippen molar-refractivity contribution in [1.29, 1.82) is 0 Å². The molecule has 3 N–H and O–H groups in total. The van der Waals surface area contributed by atoms with Crippen LogP contribution in [0.1, 0.15) is 38.5 Å².